The van der Waals surface area contributed by atoms with E-state index >= 15 is 0 Å². The molecule has 1 aliphatic rings. The molecule has 11 heteroatoms. The standard InChI is InChI=1S/C17H9F4N3O4/c18-9-4-8-11(5-10(9)19)22-6-12(8)24-16(26)15(25)23-7-1-2-13-14(3-7)28-17(20,21)27-13/h1-6,22H,(H,23,25)(H,24,26). The molecule has 1 aromatic heterocycles. The summed E-state index contributed by atoms with van der Waals surface area (Å²) in [5.74, 6) is -4.96. The summed E-state index contributed by atoms with van der Waals surface area (Å²) in [5.41, 5.74) is 0.276. The number of nitrogens with one attached hydrogen (secondary N) is 3. The van der Waals surface area contributed by atoms with Gasteiger partial charge in [0.1, 0.15) is 0 Å². The zero-order chi connectivity index (χ0) is 20.1. The van der Waals surface area contributed by atoms with Gasteiger partial charge < -0.3 is 25.1 Å². The second-order valence-corrected chi connectivity index (χ2v) is 5.75. The van der Waals surface area contributed by atoms with Gasteiger partial charge in [-0.15, -0.1) is 8.78 Å². The number of carbonyl (C=O) groups excluding carboxylic acids is 2. The second-order valence-electron chi connectivity index (χ2n) is 5.75. The van der Waals surface area contributed by atoms with Crippen molar-refractivity contribution < 1.29 is 36.6 Å². The highest BCUT2D eigenvalue weighted by Crippen LogP contribution is 2.42. The minimum atomic E-state index is -3.81. The van der Waals surface area contributed by atoms with Gasteiger partial charge in [-0.1, -0.05) is 0 Å². The maximum absolute atomic E-state index is 13.4. The lowest BCUT2D eigenvalue weighted by atomic mass is 10.2. The molecule has 2 aromatic carbocycles. The molecule has 0 fully saturated rings. The monoisotopic (exact) mass is 395 g/mol. The molecule has 2 heterocycles. The third-order valence-electron chi connectivity index (χ3n) is 3.84. The van der Waals surface area contributed by atoms with Gasteiger partial charge in [0, 0.05) is 29.4 Å². The summed E-state index contributed by atoms with van der Waals surface area (Å²) < 4.78 is 61.1. The first kappa shape index (κ1) is 17.6. The molecule has 4 rings (SSSR count). The predicted molar refractivity (Wildman–Crippen MR) is 88.1 cm³/mol. The highest BCUT2D eigenvalue weighted by molar-refractivity contribution is 6.44. The van der Waals surface area contributed by atoms with Crippen LogP contribution in [0.3, 0.4) is 0 Å². The van der Waals surface area contributed by atoms with Crippen LogP contribution in [0.1, 0.15) is 0 Å². The summed E-state index contributed by atoms with van der Waals surface area (Å²) in [6.45, 7) is 0. The van der Waals surface area contributed by atoms with Crippen LogP contribution < -0.4 is 20.1 Å². The molecule has 144 valence electrons. The number of carbonyl (C=O) groups is 2. The van der Waals surface area contributed by atoms with Gasteiger partial charge >= 0.3 is 18.1 Å². The molecule has 0 unspecified atom stereocenters. The van der Waals surface area contributed by atoms with Crippen LogP contribution in [-0.2, 0) is 9.59 Å². The molecule has 0 spiro atoms. The second kappa shape index (κ2) is 6.15. The van der Waals surface area contributed by atoms with Crippen molar-refractivity contribution in [3.8, 4) is 11.5 Å². The summed E-state index contributed by atoms with van der Waals surface area (Å²) in [5, 5.41) is 4.61. The first-order valence-electron chi connectivity index (χ1n) is 7.70. The van der Waals surface area contributed by atoms with E-state index in [0.717, 1.165) is 24.3 Å². The van der Waals surface area contributed by atoms with Crippen LogP contribution in [0.15, 0.2) is 36.5 Å². The Morgan fingerprint density at radius 2 is 1.61 bits per heavy atom. The van der Waals surface area contributed by atoms with E-state index in [0.29, 0.717) is 0 Å². The SMILES string of the molecule is O=C(Nc1ccc2c(c1)OC(F)(F)O2)C(=O)Nc1c[nH]c2cc(F)c(F)cc12. The molecular weight excluding hydrogens is 386 g/mol. The lowest BCUT2D eigenvalue weighted by molar-refractivity contribution is -0.286. The van der Waals surface area contributed by atoms with E-state index in [2.05, 4.69) is 25.1 Å². The van der Waals surface area contributed by atoms with Gasteiger partial charge in [0.15, 0.2) is 23.1 Å². The maximum atomic E-state index is 13.4. The molecule has 0 aliphatic carbocycles. The zero-order valence-corrected chi connectivity index (χ0v) is 13.6. The first-order chi connectivity index (χ1) is 13.2. The normalized spacial score (nSPS) is 14.1. The van der Waals surface area contributed by atoms with Crippen LogP contribution in [0, 0.1) is 11.6 Å². The van der Waals surface area contributed by atoms with Crippen LogP contribution in [0.25, 0.3) is 10.9 Å². The Morgan fingerprint density at radius 1 is 0.929 bits per heavy atom. The predicted octanol–water partition coefficient (Wildman–Crippen LogP) is 3.34. The highest BCUT2D eigenvalue weighted by atomic mass is 19.3. The fourth-order valence-corrected chi connectivity index (χ4v) is 2.61. The van der Waals surface area contributed by atoms with Crippen molar-refractivity contribution in [2.24, 2.45) is 0 Å². The number of anilines is 2. The number of aromatic nitrogens is 1. The van der Waals surface area contributed by atoms with Crippen LogP contribution in [0.5, 0.6) is 11.5 Å². The van der Waals surface area contributed by atoms with E-state index in [1.54, 1.807) is 0 Å². The van der Waals surface area contributed by atoms with E-state index in [4.69, 9.17) is 0 Å². The molecule has 1 aliphatic heterocycles. The molecule has 0 radical (unpaired) electrons. The molecule has 0 bridgehead atoms. The molecule has 7 nitrogen and oxygen atoms in total. The fourth-order valence-electron chi connectivity index (χ4n) is 2.61. The number of fused-ring (bicyclic) bond motifs is 2. The number of amides is 2. The topological polar surface area (TPSA) is 92.4 Å². The first-order valence-corrected chi connectivity index (χ1v) is 7.70. The Morgan fingerprint density at radius 3 is 2.39 bits per heavy atom. The summed E-state index contributed by atoms with van der Waals surface area (Å²) in [4.78, 5) is 26.7. The van der Waals surface area contributed by atoms with Crippen LogP contribution >= 0.6 is 0 Å². The lowest BCUT2D eigenvalue weighted by Gasteiger charge is -2.07. The molecule has 3 N–H and O–H groups in total. The molecule has 28 heavy (non-hydrogen) atoms. The van der Waals surface area contributed by atoms with E-state index in [9.17, 15) is 27.2 Å². The van der Waals surface area contributed by atoms with Gasteiger partial charge in [-0.2, -0.15) is 0 Å². The van der Waals surface area contributed by atoms with Crippen molar-refractivity contribution in [2.75, 3.05) is 10.6 Å². The lowest BCUT2D eigenvalue weighted by Crippen LogP contribution is -2.29. The minimum Gasteiger partial charge on any atom is -0.395 e. The zero-order valence-electron chi connectivity index (χ0n) is 13.6. The third-order valence-corrected chi connectivity index (χ3v) is 3.84. The fraction of sp³-hybridized carbons (Fsp3) is 0.0588. The number of ether oxygens (including phenoxy) is 2. The van der Waals surface area contributed by atoms with Gasteiger partial charge in [0.05, 0.1) is 11.2 Å². The molecule has 0 saturated carbocycles. The minimum absolute atomic E-state index is 0.00671. The van der Waals surface area contributed by atoms with Crippen molar-refractivity contribution in [1.82, 2.24) is 4.98 Å². The number of hydrogen-bond donors (Lipinski definition) is 3. The van der Waals surface area contributed by atoms with Crippen molar-refractivity contribution in [3.63, 3.8) is 0 Å². The van der Waals surface area contributed by atoms with E-state index in [1.807, 2.05) is 0 Å². The Hall–Kier alpha value is -3.76. The largest absolute Gasteiger partial charge is 0.586 e. The van der Waals surface area contributed by atoms with Crippen molar-refractivity contribution in [2.45, 2.75) is 6.29 Å². The number of alkyl halides is 2. The molecule has 0 atom stereocenters. The summed E-state index contributed by atoms with van der Waals surface area (Å²) in [6.07, 6.45) is -2.55. The molecule has 3 aromatic rings. The van der Waals surface area contributed by atoms with E-state index in [1.165, 1.54) is 12.3 Å². The number of aromatic amines is 1. The average Bonchev–Trinajstić information content (AvgIpc) is 3.13. The summed E-state index contributed by atoms with van der Waals surface area (Å²) >= 11 is 0. The van der Waals surface area contributed by atoms with Gasteiger partial charge in [-0.25, -0.2) is 8.78 Å². The maximum Gasteiger partial charge on any atom is 0.586 e. The quantitative estimate of drug-likeness (QED) is 0.458. The van der Waals surface area contributed by atoms with Gasteiger partial charge in [0.2, 0.25) is 0 Å². The summed E-state index contributed by atoms with van der Waals surface area (Å²) in [7, 11) is 0. The Balaban J connectivity index is 1.48. The smallest absolute Gasteiger partial charge is 0.395 e. The van der Waals surface area contributed by atoms with Gasteiger partial charge in [0.25, 0.3) is 0 Å². The average molecular weight is 395 g/mol. The number of rotatable bonds is 2. The van der Waals surface area contributed by atoms with Gasteiger partial charge in [-0.3, -0.25) is 9.59 Å². The van der Waals surface area contributed by atoms with Crippen LogP contribution in [0.2, 0.25) is 0 Å². The van der Waals surface area contributed by atoms with Crippen LogP contribution in [-0.4, -0.2) is 23.1 Å². The summed E-state index contributed by atoms with van der Waals surface area (Å²) in [6, 6.07) is 5.21. The molecular formula is C17H9F4N3O4. The van der Waals surface area contributed by atoms with Crippen molar-refractivity contribution >= 4 is 34.1 Å². The Kier molecular flexibility index (Phi) is 3.87. The van der Waals surface area contributed by atoms with E-state index in [-0.39, 0.29) is 33.8 Å². The number of halogens is 4. The van der Waals surface area contributed by atoms with Gasteiger partial charge in [-0.05, 0) is 18.2 Å². The highest BCUT2D eigenvalue weighted by Gasteiger charge is 2.43. The molecule has 0 saturated heterocycles. The Bertz CT molecular complexity index is 1130. The number of H-pyrrole nitrogens is 1. The van der Waals surface area contributed by atoms with E-state index < -0.39 is 29.7 Å². The third kappa shape index (κ3) is 3.17. The van der Waals surface area contributed by atoms with Crippen molar-refractivity contribution in [1.29, 1.82) is 0 Å². The molecule has 2 amide bonds. The van der Waals surface area contributed by atoms with Crippen molar-refractivity contribution in [3.05, 3.63) is 48.2 Å². The Labute approximate surface area is 153 Å². The van der Waals surface area contributed by atoms with Crippen LogP contribution in [0.4, 0.5) is 28.9 Å². The number of benzene rings is 2. The number of hydrogen-bond acceptors (Lipinski definition) is 4.